The Balaban J connectivity index is 3.12. The zero-order valence-electron chi connectivity index (χ0n) is 5.39. The second kappa shape index (κ2) is 2.41. The van der Waals surface area contributed by atoms with Crippen molar-refractivity contribution in [2.45, 2.75) is 0 Å². The minimum absolute atomic E-state index is 0.954. The van der Waals surface area contributed by atoms with Crippen LogP contribution in [0, 0.1) is 12.3 Å². The van der Waals surface area contributed by atoms with Crippen LogP contribution in [0.4, 0.5) is 0 Å². The first-order chi connectivity index (χ1) is 4.33. The summed E-state index contributed by atoms with van der Waals surface area (Å²) in [4.78, 5) is 0. The highest BCUT2D eigenvalue weighted by molar-refractivity contribution is 6.32. The van der Waals surface area contributed by atoms with Crippen molar-refractivity contribution in [3.05, 3.63) is 29.8 Å². The Kier molecular flexibility index (Phi) is 1.60. The lowest BCUT2D eigenvalue weighted by atomic mass is 9.95. The Bertz CT molecular complexity index is 245. The molecule has 0 radical (unpaired) electrons. The predicted octanol–water partition coefficient (Wildman–Crippen LogP) is -0.0737. The number of hydrogen-bond donors (Lipinski definition) is 0. The molecule has 42 valence electrons. The van der Waals surface area contributed by atoms with Gasteiger partial charge in [0.2, 0.25) is 0 Å². The molecule has 0 aliphatic carbocycles. The molecule has 0 N–H and O–H groups in total. The van der Waals surface area contributed by atoms with Gasteiger partial charge in [-0.3, -0.25) is 0 Å². The van der Waals surface area contributed by atoms with E-state index in [2.05, 4.69) is 5.92 Å². The molecule has 1 rings (SSSR count). The first-order valence-corrected chi connectivity index (χ1v) is 2.86. The lowest BCUT2D eigenvalue weighted by Crippen LogP contribution is -2.00. The van der Waals surface area contributed by atoms with E-state index in [1.807, 2.05) is 32.1 Å². The van der Waals surface area contributed by atoms with E-state index in [1.54, 1.807) is 0 Å². The third-order valence-electron chi connectivity index (χ3n) is 1.18. The molecule has 1 aromatic carbocycles. The molecule has 0 bridgehead atoms. The summed E-state index contributed by atoms with van der Waals surface area (Å²) in [5.74, 6) is 2.57. The quantitative estimate of drug-likeness (QED) is 0.327. The summed E-state index contributed by atoms with van der Waals surface area (Å²) >= 11 is 0. The SMILES string of the molecule is Bc1cccc(C#C)c1. The summed E-state index contributed by atoms with van der Waals surface area (Å²) in [7, 11) is 2.03. The van der Waals surface area contributed by atoms with Crippen molar-refractivity contribution in [1.29, 1.82) is 0 Å². The van der Waals surface area contributed by atoms with Gasteiger partial charge in [-0.15, -0.1) is 6.42 Å². The molecule has 0 aliphatic heterocycles. The van der Waals surface area contributed by atoms with Crippen LogP contribution < -0.4 is 5.46 Å². The van der Waals surface area contributed by atoms with E-state index in [0.717, 1.165) is 5.56 Å². The third kappa shape index (κ3) is 1.37. The smallest absolute Gasteiger partial charge is 0.115 e. The maximum Gasteiger partial charge on any atom is 0.139 e. The van der Waals surface area contributed by atoms with Gasteiger partial charge in [-0.2, -0.15) is 0 Å². The average Bonchev–Trinajstić information content (AvgIpc) is 1.88. The van der Waals surface area contributed by atoms with E-state index >= 15 is 0 Å². The largest absolute Gasteiger partial charge is 0.139 e. The maximum absolute atomic E-state index is 5.17. The Hall–Kier alpha value is -1.16. The third-order valence-corrected chi connectivity index (χ3v) is 1.18. The van der Waals surface area contributed by atoms with Gasteiger partial charge in [-0.25, -0.2) is 0 Å². The molecule has 1 heteroatoms. The van der Waals surface area contributed by atoms with Gasteiger partial charge in [0, 0.05) is 5.56 Å². The van der Waals surface area contributed by atoms with Crippen LogP contribution in [0.1, 0.15) is 5.56 Å². The second-order valence-corrected chi connectivity index (χ2v) is 2.01. The normalized spacial score (nSPS) is 8.33. The van der Waals surface area contributed by atoms with E-state index in [4.69, 9.17) is 6.42 Å². The van der Waals surface area contributed by atoms with Crippen LogP contribution in [0.5, 0.6) is 0 Å². The van der Waals surface area contributed by atoms with Gasteiger partial charge in [-0.05, 0) is 6.07 Å². The van der Waals surface area contributed by atoms with Crippen LogP contribution in [0.15, 0.2) is 24.3 Å². The minimum atomic E-state index is 0.954. The number of hydrogen-bond acceptors (Lipinski definition) is 0. The van der Waals surface area contributed by atoms with Crippen LogP contribution >= 0.6 is 0 Å². The zero-order valence-corrected chi connectivity index (χ0v) is 5.39. The molecule has 9 heavy (non-hydrogen) atoms. The zero-order chi connectivity index (χ0) is 6.69. The first kappa shape index (κ1) is 5.97. The average molecular weight is 114 g/mol. The van der Waals surface area contributed by atoms with E-state index in [0.29, 0.717) is 0 Å². The fourth-order valence-electron chi connectivity index (χ4n) is 0.735. The summed E-state index contributed by atoms with van der Waals surface area (Å²) < 4.78 is 0. The van der Waals surface area contributed by atoms with Crippen molar-refractivity contribution in [2.24, 2.45) is 0 Å². The molecule has 0 amide bonds. The van der Waals surface area contributed by atoms with Crippen molar-refractivity contribution < 1.29 is 0 Å². The van der Waals surface area contributed by atoms with Gasteiger partial charge >= 0.3 is 0 Å². The molecule has 0 spiro atoms. The molecule has 0 saturated heterocycles. The fourth-order valence-corrected chi connectivity index (χ4v) is 0.735. The fraction of sp³-hybridized carbons (Fsp3) is 0. The highest BCUT2D eigenvalue weighted by Crippen LogP contribution is 1.90. The molecular weight excluding hydrogens is 107 g/mol. The van der Waals surface area contributed by atoms with Crippen molar-refractivity contribution in [2.75, 3.05) is 0 Å². The van der Waals surface area contributed by atoms with Crippen molar-refractivity contribution in [1.82, 2.24) is 0 Å². The molecule has 1 aromatic rings. The topological polar surface area (TPSA) is 0 Å². The van der Waals surface area contributed by atoms with Crippen LogP contribution in [0.25, 0.3) is 0 Å². The van der Waals surface area contributed by atoms with Crippen LogP contribution in [-0.2, 0) is 0 Å². The second-order valence-electron chi connectivity index (χ2n) is 2.01. The lowest BCUT2D eigenvalue weighted by Gasteiger charge is -1.90. The first-order valence-electron chi connectivity index (χ1n) is 2.86. The Morgan fingerprint density at radius 2 is 2.22 bits per heavy atom. The van der Waals surface area contributed by atoms with E-state index in [-0.39, 0.29) is 0 Å². The monoisotopic (exact) mass is 114 g/mol. The van der Waals surface area contributed by atoms with Crippen LogP contribution in [0.2, 0.25) is 0 Å². The van der Waals surface area contributed by atoms with Crippen molar-refractivity contribution >= 4 is 13.3 Å². The van der Waals surface area contributed by atoms with Gasteiger partial charge < -0.3 is 0 Å². The maximum atomic E-state index is 5.17. The lowest BCUT2D eigenvalue weighted by molar-refractivity contribution is 1.70. The van der Waals surface area contributed by atoms with Gasteiger partial charge in [0.05, 0.1) is 0 Å². The van der Waals surface area contributed by atoms with E-state index < -0.39 is 0 Å². The van der Waals surface area contributed by atoms with Crippen molar-refractivity contribution in [3.63, 3.8) is 0 Å². The summed E-state index contributed by atoms with van der Waals surface area (Å²) in [5, 5.41) is 0. The van der Waals surface area contributed by atoms with Crippen LogP contribution in [-0.4, -0.2) is 7.85 Å². The highest BCUT2D eigenvalue weighted by Gasteiger charge is 1.83. The Labute approximate surface area is 56.3 Å². The number of benzene rings is 1. The summed E-state index contributed by atoms with van der Waals surface area (Å²) in [5.41, 5.74) is 2.17. The van der Waals surface area contributed by atoms with E-state index in [9.17, 15) is 0 Å². The van der Waals surface area contributed by atoms with Gasteiger partial charge in [0.25, 0.3) is 0 Å². The van der Waals surface area contributed by atoms with Gasteiger partial charge in [0.1, 0.15) is 7.85 Å². The van der Waals surface area contributed by atoms with Crippen molar-refractivity contribution in [3.8, 4) is 12.3 Å². The molecular formula is C8H7B. The molecule has 0 aromatic heterocycles. The Morgan fingerprint density at radius 3 is 2.67 bits per heavy atom. The standard InChI is InChI=1S/C8H7B/c1-2-7-4-3-5-8(9)6-7/h1,3-6H,9H2. The molecule has 0 atom stereocenters. The molecule has 0 fully saturated rings. The molecule has 0 nitrogen and oxygen atoms in total. The summed E-state index contributed by atoms with van der Waals surface area (Å²) in [6.45, 7) is 0. The predicted molar refractivity (Wildman–Crippen MR) is 42.6 cm³/mol. The van der Waals surface area contributed by atoms with Crippen LogP contribution in [0.3, 0.4) is 0 Å². The molecule has 0 aliphatic rings. The molecule has 0 unspecified atom stereocenters. The molecule has 0 heterocycles. The molecule has 0 saturated carbocycles. The summed E-state index contributed by atoms with van der Waals surface area (Å²) in [6.07, 6.45) is 5.17. The minimum Gasteiger partial charge on any atom is -0.115 e. The number of terminal acetylenes is 1. The van der Waals surface area contributed by atoms with E-state index in [1.165, 1.54) is 5.46 Å². The number of rotatable bonds is 0. The van der Waals surface area contributed by atoms with Gasteiger partial charge in [0.15, 0.2) is 0 Å². The van der Waals surface area contributed by atoms with Gasteiger partial charge in [-0.1, -0.05) is 29.6 Å². The Morgan fingerprint density at radius 1 is 1.44 bits per heavy atom. The summed E-state index contributed by atoms with van der Waals surface area (Å²) in [6, 6.07) is 7.90. The highest BCUT2D eigenvalue weighted by atomic mass is 13.8.